The quantitative estimate of drug-likeness (QED) is 0.736. The first-order chi connectivity index (χ1) is 10.3. The van der Waals surface area contributed by atoms with Crippen LogP contribution in [0, 0.1) is 4.77 Å². The molecule has 0 spiro atoms. The van der Waals surface area contributed by atoms with Gasteiger partial charge in [0.1, 0.15) is 11.3 Å². The highest BCUT2D eigenvalue weighted by atomic mass is 32.1. The topological polar surface area (TPSA) is 45.1 Å². The van der Waals surface area contributed by atoms with Crippen LogP contribution in [0.3, 0.4) is 0 Å². The highest BCUT2D eigenvalue weighted by Crippen LogP contribution is 2.22. The van der Waals surface area contributed by atoms with Gasteiger partial charge < -0.3 is 9.40 Å². The van der Waals surface area contributed by atoms with E-state index >= 15 is 0 Å². The molecule has 1 N–H and O–H groups in total. The Kier molecular flexibility index (Phi) is 3.09. The Morgan fingerprint density at radius 2 is 2.24 bits per heavy atom. The summed E-state index contributed by atoms with van der Waals surface area (Å²) in [5.41, 5.74) is 3.40. The molecule has 21 heavy (non-hydrogen) atoms. The summed E-state index contributed by atoms with van der Waals surface area (Å²) in [6, 6.07) is 10.3. The van der Waals surface area contributed by atoms with Crippen molar-refractivity contribution in [3.05, 3.63) is 58.3 Å². The van der Waals surface area contributed by atoms with Gasteiger partial charge in [-0.1, -0.05) is 18.2 Å². The van der Waals surface area contributed by atoms with Crippen molar-refractivity contribution in [2.45, 2.75) is 19.5 Å². The summed E-state index contributed by atoms with van der Waals surface area (Å²) >= 11 is 5.07. The van der Waals surface area contributed by atoms with E-state index in [1.165, 1.54) is 11.3 Å². The van der Waals surface area contributed by atoms with E-state index in [2.05, 4.69) is 27.0 Å². The summed E-state index contributed by atoms with van der Waals surface area (Å²) in [4.78, 5) is 9.74. The number of aromatic amines is 1. The highest BCUT2D eigenvalue weighted by molar-refractivity contribution is 7.71. The van der Waals surface area contributed by atoms with E-state index in [0.29, 0.717) is 4.77 Å². The molecular formula is C16H15N3OS. The Morgan fingerprint density at radius 1 is 1.33 bits per heavy atom. The zero-order chi connectivity index (χ0) is 14.2. The van der Waals surface area contributed by atoms with Crippen LogP contribution < -0.4 is 0 Å². The smallest absolute Gasteiger partial charge is 0.196 e. The number of hydrogen-bond acceptors (Lipinski definition) is 4. The number of nitrogens with one attached hydrogen (secondary N) is 1. The molecule has 3 aromatic rings. The highest BCUT2D eigenvalue weighted by Gasteiger charge is 2.18. The van der Waals surface area contributed by atoms with Crippen molar-refractivity contribution >= 4 is 23.2 Å². The van der Waals surface area contributed by atoms with Crippen molar-refractivity contribution in [2.75, 3.05) is 6.54 Å². The zero-order valence-electron chi connectivity index (χ0n) is 11.5. The molecule has 0 amide bonds. The lowest BCUT2D eigenvalue weighted by molar-refractivity contribution is 0.225. The normalized spacial score (nSPS) is 15.2. The number of hydrogen-bond donors (Lipinski definition) is 1. The average Bonchev–Trinajstić information content (AvgIpc) is 2.89. The van der Waals surface area contributed by atoms with Gasteiger partial charge in [-0.15, -0.1) is 0 Å². The summed E-state index contributed by atoms with van der Waals surface area (Å²) < 4.78 is 6.47. The number of benzene rings is 1. The number of fused-ring (bicyclic) bond motifs is 2. The van der Waals surface area contributed by atoms with Crippen molar-refractivity contribution in [3.8, 4) is 0 Å². The summed E-state index contributed by atoms with van der Waals surface area (Å²) in [6.07, 6.45) is 2.86. The molecule has 0 fully saturated rings. The van der Waals surface area contributed by atoms with Gasteiger partial charge >= 0.3 is 0 Å². The maximum atomic E-state index is 5.90. The molecule has 0 atom stereocenters. The average molecular weight is 297 g/mol. The summed E-state index contributed by atoms with van der Waals surface area (Å²) in [5.74, 6) is 1.01. The predicted molar refractivity (Wildman–Crippen MR) is 83.5 cm³/mol. The maximum Gasteiger partial charge on any atom is 0.196 e. The summed E-state index contributed by atoms with van der Waals surface area (Å²) in [6.45, 7) is 2.70. The van der Waals surface area contributed by atoms with Crippen LogP contribution in [-0.2, 0) is 19.5 Å². The first kappa shape index (κ1) is 12.7. The standard InChI is InChI=1S/C16H15N3OS/c21-16-17-8-12-9-19(6-5-14(12)18-16)10-13-7-11-3-1-2-4-15(11)20-13/h1-4,7-8H,5-6,9-10H2,(H,17,18,21). The Bertz CT molecular complexity index is 819. The molecule has 0 aliphatic carbocycles. The lowest BCUT2D eigenvalue weighted by atomic mass is 10.1. The summed E-state index contributed by atoms with van der Waals surface area (Å²) in [5, 5.41) is 1.16. The molecule has 4 rings (SSSR count). The molecule has 0 saturated carbocycles. The third-order valence-corrected chi connectivity index (χ3v) is 4.12. The van der Waals surface area contributed by atoms with Gasteiger partial charge in [-0.3, -0.25) is 4.90 Å². The number of H-pyrrole nitrogens is 1. The van der Waals surface area contributed by atoms with Crippen LogP contribution in [0.1, 0.15) is 17.0 Å². The van der Waals surface area contributed by atoms with E-state index in [4.69, 9.17) is 16.6 Å². The molecule has 106 valence electrons. The van der Waals surface area contributed by atoms with Crippen molar-refractivity contribution in [1.29, 1.82) is 0 Å². The SMILES string of the molecule is S=c1ncc2c([nH]1)CCN(Cc1cc3ccccc3o1)C2. The Labute approximate surface area is 127 Å². The first-order valence-corrected chi connectivity index (χ1v) is 7.46. The predicted octanol–water partition coefficient (Wildman–Crippen LogP) is 3.44. The lowest BCUT2D eigenvalue weighted by Crippen LogP contribution is -2.30. The fourth-order valence-electron chi connectivity index (χ4n) is 2.88. The number of para-hydroxylation sites is 1. The molecule has 5 heteroatoms. The molecule has 1 aliphatic heterocycles. The second-order valence-corrected chi connectivity index (χ2v) is 5.79. The van der Waals surface area contributed by atoms with E-state index in [0.717, 1.165) is 42.8 Å². The Hall–Kier alpha value is -1.98. The number of rotatable bonds is 2. The van der Waals surface area contributed by atoms with Crippen LogP contribution in [0.25, 0.3) is 11.0 Å². The van der Waals surface area contributed by atoms with Crippen LogP contribution in [0.15, 0.2) is 40.9 Å². The summed E-state index contributed by atoms with van der Waals surface area (Å²) in [7, 11) is 0. The minimum Gasteiger partial charge on any atom is -0.460 e. The molecule has 2 aromatic heterocycles. The van der Waals surface area contributed by atoms with E-state index in [9.17, 15) is 0 Å². The molecule has 1 aromatic carbocycles. The molecule has 0 unspecified atom stereocenters. The van der Waals surface area contributed by atoms with Gasteiger partial charge in [-0.25, -0.2) is 4.98 Å². The van der Waals surface area contributed by atoms with Crippen molar-refractivity contribution in [3.63, 3.8) is 0 Å². The van der Waals surface area contributed by atoms with Gasteiger partial charge in [0, 0.05) is 42.4 Å². The minimum atomic E-state index is 0.569. The van der Waals surface area contributed by atoms with Gasteiger partial charge in [0.15, 0.2) is 4.77 Å². The second kappa shape index (κ2) is 5.09. The molecule has 4 nitrogen and oxygen atoms in total. The van der Waals surface area contributed by atoms with Crippen LogP contribution in [0.5, 0.6) is 0 Å². The largest absolute Gasteiger partial charge is 0.460 e. The van der Waals surface area contributed by atoms with E-state index in [1.807, 2.05) is 24.4 Å². The molecule has 1 aliphatic rings. The number of aromatic nitrogens is 2. The molecule has 0 radical (unpaired) electrons. The van der Waals surface area contributed by atoms with E-state index in [-0.39, 0.29) is 0 Å². The lowest BCUT2D eigenvalue weighted by Gasteiger charge is -2.27. The maximum absolute atomic E-state index is 5.90. The van der Waals surface area contributed by atoms with Crippen molar-refractivity contribution in [2.24, 2.45) is 0 Å². The van der Waals surface area contributed by atoms with Crippen molar-refractivity contribution in [1.82, 2.24) is 14.9 Å². The Balaban J connectivity index is 1.55. The fourth-order valence-corrected chi connectivity index (χ4v) is 3.05. The monoisotopic (exact) mass is 297 g/mol. The number of nitrogens with zero attached hydrogens (tertiary/aromatic N) is 2. The zero-order valence-corrected chi connectivity index (χ0v) is 12.3. The van der Waals surface area contributed by atoms with Gasteiger partial charge in [-0.05, 0) is 24.4 Å². The Morgan fingerprint density at radius 3 is 3.14 bits per heavy atom. The molecule has 3 heterocycles. The van der Waals surface area contributed by atoms with Gasteiger partial charge in [0.2, 0.25) is 0 Å². The molecular weight excluding hydrogens is 282 g/mol. The van der Waals surface area contributed by atoms with Gasteiger partial charge in [0.25, 0.3) is 0 Å². The second-order valence-electron chi connectivity index (χ2n) is 5.40. The first-order valence-electron chi connectivity index (χ1n) is 7.05. The third-order valence-electron chi connectivity index (χ3n) is 3.91. The van der Waals surface area contributed by atoms with Gasteiger partial charge in [-0.2, -0.15) is 0 Å². The minimum absolute atomic E-state index is 0.569. The van der Waals surface area contributed by atoms with Crippen molar-refractivity contribution < 1.29 is 4.42 Å². The van der Waals surface area contributed by atoms with E-state index in [1.54, 1.807) is 0 Å². The third kappa shape index (κ3) is 2.50. The fraction of sp³-hybridized carbons (Fsp3) is 0.250. The van der Waals surface area contributed by atoms with Crippen LogP contribution in [0.4, 0.5) is 0 Å². The number of furan rings is 1. The molecule has 0 saturated heterocycles. The van der Waals surface area contributed by atoms with Gasteiger partial charge in [0.05, 0.1) is 6.54 Å². The van der Waals surface area contributed by atoms with Crippen LogP contribution in [0.2, 0.25) is 0 Å². The van der Waals surface area contributed by atoms with Crippen LogP contribution >= 0.6 is 12.2 Å². The van der Waals surface area contributed by atoms with Crippen LogP contribution in [-0.4, -0.2) is 21.4 Å². The van der Waals surface area contributed by atoms with E-state index < -0.39 is 0 Å². The molecule has 0 bridgehead atoms.